The third-order valence-corrected chi connectivity index (χ3v) is 1.64. The smallest absolute Gasteiger partial charge is 0.0433 e. The number of hydrogen-bond acceptors (Lipinski definition) is 1. The molecule has 12 heavy (non-hydrogen) atoms. The minimum atomic E-state index is 0.277. The minimum absolute atomic E-state index is 0.277. The van der Waals surface area contributed by atoms with Gasteiger partial charge in [0.1, 0.15) is 0 Å². The maximum Gasteiger partial charge on any atom is 0.0433 e. The molecule has 0 fully saturated rings. The number of rotatable bonds is 4. The second-order valence-corrected chi connectivity index (χ2v) is 2.68. The first kappa shape index (κ1) is 9.01. The van der Waals surface area contributed by atoms with Crippen molar-refractivity contribution in [1.29, 1.82) is 0 Å². The van der Waals surface area contributed by atoms with Gasteiger partial charge in [0.25, 0.3) is 0 Å². The SMILES string of the molecule is OCCC/C=C/c1ccccc1. The van der Waals surface area contributed by atoms with Gasteiger partial charge in [0.2, 0.25) is 0 Å². The summed E-state index contributed by atoms with van der Waals surface area (Å²) in [5.74, 6) is 0. The van der Waals surface area contributed by atoms with Gasteiger partial charge in [-0.1, -0.05) is 42.5 Å². The van der Waals surface area contributed by atoms with Crippen molar-refractivity contribution in [2.45, 2.75) is 12.8 Å². The van der Waals surface area contributed by atoms with E-state index in [0.29, 0.717) is 0 Å². The van der Waals surface area contributed by atoms with Gasteiger partial charge in [-0.05, 0) is 18.4 Å². The molecule has 0 aliphatic carbocycles. The topological polar surface area (TPSA) is 20.2 Å². The summed E-state index contributed by atoms with van der Waals surface area (Å²) < 4.78 is 0. The van der Waals surface area contributed by atoms with Crippen LogP contribution in [0.1, 0.15) is 18.4 Å². The maximum absolute atomic E-state index is 8.53. The lowest BCUT2D eigenvalue weighted by Crippen LogP contribution is -1.78. The van der Waals surface area contributed by atoms with Gasteiger partial charge in [-0.25, -0.2) is 0 Å². The van der Waals surface area contributed by atoms with Crippen LogP contribution in [0.5, 0.6) is 0 Å². The molecule has 0 heterocycles. The Balaban J connectivity index is 2.36. The molecule has 1 nitrogen and oxygen atoms in total. The lowest BCUT2D eigenvalue weighted by Gasteiger charge is -1.91. The van der Waals surface area contributed by atoms with Gasteiger partial charge < -0.3 is 5.11 Å². The zero-order valence-electron chi connectivity index (χ0n) is 7.11. The highest BCUT2D eigenvalue weighted by atomic mass is 16.2. The first-order valence-corrected chi connectivity index (χ1v) is 4.26. The van der Waals surface area contributed by atoms with E-state index in [4.69, 9.17) is 5.11 Å². The second-order valence-electron chi connectivity index (χ2n) is 2.68. The van der Waals surface area contributed by atoms with E-state index in [2.05, 4.69) is 24.3 Å². The van der Waals surface area contributed by atoms with Crippen LogP contribution in [-0.4, -0.2) is 11.7 Å². The van der Waals surface area contributed by atoms with Gasteiger partial charge in [0, 0.05) is 6.61 Å². The van der Waals surface area contributed by atoms with Crippen molar-refractivity contribution in [3.63, 3.8) is 0 Å². The number of benzene rings is 1. The summed E-state index contributed by atoms with van der Waals surface area (Å²) in [4.78, 5) is 0. The molecule has 0 aliphatic heterocycles. The second kappa shape index (κ2) is 5.56. The van der Waals surface area contributed by atoms with Crippen molar-refractivity contribution in [3.05, 3.63) is 42.0 Å². The first-order chi connectivity index (χ1) is 5.93. The molecule has 0 unspecified atom stereocenters. The summed E-state index contributed by atoms with van der Waals surface area (Å²) >= 11 is 0. The van der Waals surface area contributed by atoms with Crippen LogP contribution < -0.4 is 0 Å². The predicted octanol–water partition coefficient (Wildman–Crippen LogP) is 2.47. The van der Waals surface area contributed by atoms with Crippen LogP contribution in [0.25, 0.3) is 6.08 Å². The zero-order chi connectivity index (χ0) is 8.65. The molecule has 0 aliphatic rings. The average molecular weight is 162 g/mol. The number of aliphatic hydroxyl groups is 1. The Morgan fingerprint density at radius 2 is 1.92 bits per heavy atom. The normalized spacial score (nSPS) is 10.8. The molecule has 1 rings (SSSR count). The number of unbranched alkanes of at least 4 members (excludes halogenated alkanes) is 1. The van der Waals surface area contributed by atoms with Gasteiger partial charge in [0.15, 0.2) is 0 Å². The van der Waals surface area contributed by atoms with Crippen LogP contribution in [-0.2, 0) is 0 Å². The quantitative estimate of drug-likeness (QED) is 0.674. The highest BCUT2D eigenvalue weighted by molar-refractivity contribution is 5.48. The van der Waals surface area contributed by atoms with Crippen LogP contribution in [0.3, 0.4) is 0 Å². The van der Waals surface area contributed by atoms with Crippen molar-refractivity contribution in [1.82, 2.24) is 0 Å². The van der Waals surface area contributed by atoms with Gasteiger partial charge in [-0.15, -0.1) is 0 Å². The molecule has 0 radical (unpaired) electrons. The molecule has 0 spiro atoms. The van der Waals surface area contributed by atoms with E-state index < -0.39 is 0 Å². The van der Waals surface area contributed by atoms with Crippen LogP contribution in [0, 0.1) is 0 Å². The van der Waals surface area contributed by atoms with Crippen molar-refractivity contribution in [2.24, 2.45) is 0 Å². The molecule has 64 valence electrons. The predicted molar refractivity (Wildman–Crippen MR) is 51.8 cm³/mol. The Bertz CT molecular complexity index is 226. The highest BCUT2D eigenvalue weighted by Gasteiger charge is 1.82. The first-order valence-electron chi connectivity index (χ1n) is 4.26. The van der Waals surface area contributed by atoms with E-state index in [9.17, 15) is 0 Å². The van der Waals surface area contributed by atoms with Crippen molar-refractivity contribution in [2.75, 3.05) is 6.61 Å². The van der Waals surface area contributed by atoms with E-state index in [-0.39, 0.29) is 6.61 Å². The molecule has 1 aromatic rings. The Morgan fingerprint density at radius 1 is 1.17 bits per heavy atom. The maximum atomic E-state index is 8.53. The fourth-order valence-corrected chi connectivity index (χ4v) is 0.993. The van der Waals surface area contributed by atoms with Crippen LogP contribution in [0.2, 0.25) is 0 Å². The van der Waals surface area contributed by atoms with Gasteiger partial charge in [-0.3, -0.25) is 0 Å². The molecule has 1 N–H and O–H groups in total. The van der Waals surface area contributed by atoms with Gasteiger partial charge >= 0.3 is 0 Å². The fraction of sp³-hybridized carbons (Fsp3) is 0.273. The average Bonchev–Trinajstić information content (AvgIpc) is 2.14. The third-order valence-electron chi connectivity index (χ3n) is 1.64. The van der Waals surface area contributed by atoms with Crippen molar-refractivity contribution < 1.29 is 5.11 Å². The minimum Gasteiger partial charge on any atom is -0.396 e. The van der Waals surface area contributed by atoms with Gasteiger partial charge in [0.05, 0.1) is 0 Å². The van der Waals surface area contributed by atoms with E-state index in [1.807, 2.05) is 18.2 Å². The molecule has 0 atom stereocenters. The summed E-state index contributed by atoms with van der Waals surface area (Å²) in [6.07, 6.45) is 5.97. The van der Waals surface area contributed by atoms with Gasteiger partial charge in [-0.2, -0.15) is 0 Å². The van der Waals surface area contributed by atoms with Crippen molar-refractivity contribution in [3.8, 4) is 0 Å². The standard InChI is InChI=1S/C11H14O/c12-10-6-2-5-9-11-7-3-1-4-8-11/h1,3-5,7-9,12H,2,6,10H2/b9-5+. The molecule has 0 aromatic heterocycles. The van der Waals surface area contributed by atoms with E-state index >= 15 is 0 Å². The molecule has 1 heteroatoms. The summed E-state index contributed by atoms with van der Waals surface area (Å²) in [6, 6.07) is 10.2. The number of allylic oxidation sites excluding steroid dienone is 1. The van der Waals surface area contributed by atoms with Crippen LogP contribution in [0.4, 0.5) is 0 Å². The molecular formula is C11H14O. The Labute approximate surface area is 73.4 Å². The lowest BCUT2D eigenvalue weighted by molar-refractivity contribution is 0.290. The number of hydrogen-bond donors (Lipinski definition) is 1. The highest BCUT2D eigenvalue weighted by Crippen LogP contribution is 2.02. The van der Waals surface area contributed by atoms with E-state index in [1.165, 1.54) is 5.56 Å². The summed E-state index contributed by atoms with van der Waals surface area (Å²) in [5, 5.41) is 8.53. The number of aliphatic hydroxyl groups excluding tert-OH is 1. The molecule has 0 amide bonds. The Morgan fingerprint density at radius 3 is 2.58 bits per heavy atom. The third kappa shape index (κ3) is 3.35. The molecule has 0 saturated heterocycles. The summed E-state index contributed by atoms with van der Waals surface area (Å²) in [7, 11) is 0. The zero-order valence-corrected chi connectivity index (χ0v) is 7.11. The Hall–Kier alpha value is -1.08. The Kier molecular flexibility index (Phi) is 4.17. The van der Waals surface area contributed by atoms with E-state index in [1.54, 1.807) is 0 Å². The largest absolute Gasteiger partial charge is 0.396 e. The van der Waals surface area contributed by atoms with Crippen LogP contribution >= 0.6 is 0 Å². The molecule has 0 saturated carbocycles. The summed E-state index contributed by atoms with van der Waals surface area (Å²) in [6.45, 7) is 0.277. The van der Waals surface area contributed by atoms with Crippen LogP contribution in [0.15, 0.2) is 36.4 Å². The van der Waals surface area contributed by atoms with Crippen molar-refractivity contribution >= 4 is 6.08 Å². The van der Waals surface area contributed by atoms with E-state index in [0.717, 1.165) is 12.8 Å². The lowest BCUT2D eigenvalue weighted by atomic mass is 10.2. The monoisotopic (exact) mass is 162 g/mol. The fourth-order valence-electron chi connectivity index (χ4n) is 0.993. The molecule has 1 aromatic carbocycles. The summed E-state index contributed by atoms with van der Waals surface area (Å²) in [5.41, 5.74) is 1.22. The molecular weight excluding hydrogens is 148 g/mol. The molecule has 0 bridgehead atoms.